The highest BCUT2D eigenvalue weighted by atomic mass is 16.6. The summed E-state index contributed by atoms with van der Waals surface area (Å²) in [5.74, 6) is 0.308. The smallest absolute Gasteiger partial charge is 0.414 e. The maximum atomic E-state index is 11.3. The third-order valence-electron chi connectivity index (χ3n) is 1.72. The Bertz CT molecular complexity index is 328. The molecule has 1 rings (SSSR count). The molecule has 1 amide bonds. The van der Waals surface area contributed by atoms with Gasteiger partial charge in [0.2, 0.25) is 0 Å². The number of nitrogens with two attached hydrogens (primary N) is 1. The standard InChI is InChI=1S/C9H13N3O2/c1-3-14-9(13)12(2)7-5-4-6-11-8(7)10/h4-6H,3H2,1-2H3,(H2,10,11). The molecule has 14 heavy (non-hydrogen) atoms. The first-order valence-electron chi connectivity index (χ1n) is 4.27. The number of aromatic nitrogens is 1. The van der Waals surface area contributed by atoms with E-state index in [9.17, 15) is 4.79 Å². The van der Waals surface area contributed by atoms with Crippen LogP contribution in [-0.4, -0.2) is 24.7 Å². The summed E-state index contributed by atoms with van der Waals surface area (Å²) in [7, 11) is 1.59. The minimum absolute atomic E-state index is 0.308. The third-order valence-corrected chi connectivity index (χ3v) is 1.72. The van der Waals surface area contributed by atoms with E-state index in [0.29, 0.717) is 18.1 Å². The fraction of sp³-hybridized carbons (Fsp3) is 0.333. The molecule has 0 radical (unpaired) electrons. The lowest BCUT2D eigenvalue weighted by molar-refractivity contribution is 0.161. The Morgan fingerprint density at radius 1 is 1.71 bits per heavy atom. The lowest BCUT2D eigenvalue weighted by Crippen LogP contribution is -2.27. The molecule has 0 saturated carbocycles. The Morgan fingerprint density at radius 2 is 2.43 bits per heavy atom. The molecule has 1 heterocycles. The molecule has 0 fully saturated rings. The van der Waals surface area contributed by atoms with E-state index < -0.39 is 6.09 Å². The summed E-state index contributed by atoms with van der Waals surface area (Å²) in [5, 5.41) is 0. The number of nitrogens with zero attached hydrogens (tertiary/aromatic N) is 2. The van der Waals surface area contributed by atoms with E-state index in [1.165, 1.54) is 4.90 Å². The van der Waals surface area contributed by atoms with Crippen molar-refractivity contribution < 1.29 is 9.53 Å². The van der Waals surface area contributed by atoms with Gasteiger partial charge in [0.1, 0.15) is 5.82 Å². The van der Waals surface area contributed by atoms with E-state index in [-0.39, 0.29) is 0 Å². The minimum Gasteiger partial charge on any atom is -0.449 e. The van der Waals surface area contributed by atoms with Crippen LogP contribution in [0.2, 0.25) is 0 Å². The van der Waals surface area contributed by atoms with Gasteiger partial charge in [0, 0.05) is 13.2 Å². The number of anilines is 2. The van der Waals surface area contributed by atoms with Crippen LogP contribution in [0.25, 0.3) is 0 Å². The highest BCUT2D eigenvalue weighted by Gasteiger charge is 2.13. The normalized spacial score (nSPS) is 9.57. The second-order valence-electron chi connectivity index (χ2n) is 2.67. The Morgan fingerprint density at radius 3 is 3.00 bits per heavy atom. The Balaban J connectivity index is 2.84. The highest BCUT2D eigenvalue weighted by Crippen LogP contribution is 2.18. The van der Waals surface area contributed by atoms with E-state index in [1.807, 2.05) is 0 Å². The number of ether oxygens (including phenoxy) is 1. The van der Waals surface area contributed by atoms with E-state index in [1.54, 1.807) is 32.3 Å². The van der Waals surface area contributed by atoms with Gasteiger partial charge in [-0.15, -0.1) is 0 Å². The molecule has 0 aliphatic carbocycles. The summed E-state index contributed by atoms with van der Waals surface area (Å²) in [6.45, 7) is 2.09. The van der Waals surface area contributed by atoms with Crippen LogP contribution in [0.15, 0.2) is 18.3 Å². The monoisotopic (exact) mass is 195 g/mol. The van der Waals surface area contributed by atoms with Gasteiger partial charge in [0.05, 0.1) is 12.3 Å². The van der Waals surface area contributed by atoms with Gasteiger partial charge in [-0.1, -0.05) is 0 Å². The van der Waals surface area contributed by atoms with E-state index in [2.05, 4.69) is 4.98 Å². The molecule has 0 bridgehead atoms. The number of hydrogen-bond donors (Lipinski definition) is 1. The van der Waals surface area contributed by atoms with Crippen molar-refractivity contribution in [1.29, 1.82) is 0 Å². The molecular weight excluding hydrogens is 182 g/mol. The molecule has 1 aromatic rings. The largest absolute Gasteiger partial charge is 0.449 e. The molecule has 0 aliphatic rings. The number of amides is 1. The number of hydrogen-bond acceptors (Lipinski definition) is 4. The molecule has 2 N–H and O–H groups in total. The van der Waals surface area contributed by atoms with Crippen LogP contribution >= 0.6 is 0 Å². The maximum Gasteiger partial charge on any atom is 0.414 e. The van der Waals surface area contributed by atoms with E-state index >= 15 is 0 Å². The molecule has 0 atom stereocenters. The minimum atomic E-state index is -0.438. The molecule has 76 valence electrons. The molecule has 0 aromatic carbocycles. The zero-order valence-corrected chi connectivity index (χ0v) is 8.23. The predicted molar refractivity (Wildman–Crippen MR) is 54.1 cm³/mol. The second kappa shape index (κ2) is 4.45. The molecule has 0 unspecified atom stereocenters. The van der Waals surface area contributed by atoms with Crippen LogP contribution in [0.3, 0.4) is 0 Å². The SMILES string of the molecule is CCOC(=O)N(C)c1cccnc1N. The van der Waals surface area contributed by atoms with Crippen molar-refractivity contribution >= 4 is 17.6 Å². The summed E-state index contributed by atoms with van der Waals surface area (Å²) < 4.78 is 4.82. The third kappa shape index (κ3) is 2.12. The zero-order chi connectivity index (χ0) is 10.6. The fourth-order valence-corrected chi connectivity index (χ4v) is 1.01. The average molecular weight is 195 g/mol. The Labute approximate surface area is 82.5 Å². The first-order chi connectivity index (χ1) is 6.66. The summed E-state index contributed by atoms with van der Waals surface area (Å²) in [6, 6.07) is 3.42. The zero-order valence-electron chi connectivity index (χ0n) is 8.23. The van der Waals surface area contributed by atoms with Crippen LogP contribution in [0.1, 0.15) is 6.92 Å². The van der Waals surface area contributed by atoms with Crippen molar-refractivity contribution in [2.75, 3.05) is 24.3 Å². The molecule has 1 aromatic heterocycles. The van der Waals surface area contributed by atoms with Gasteiger partial charge in [0.15, 0.2) is 0 Å². The lowest BCUT2D eigenvalue weighted by Gasteiger charge is -2.17. The fourth-order valence-electron chi connectivity index (χ4n) is 1.01. The number of rotatable bonds is 2. The molecule has 0 saturated heterocycles. The summed E-state index contributed by atoms with van der Waals surface area (Å²) in [6.07, 6.45) is 1.13. The van der Waals surface area contributed by atoms with Gasteiger partial charge < -0.3 is 10.5 Å². The quantitative estimate of drug-likeness (QED) is 0.771. The van der Waals surface area contributed by atoms with Gasteiger partial charge in [-0.2, -0.15) is 0 Å². The molecular formula is C9H13N3O2. The van der Waals surface area contributed by atoms with E-state index in [4.69, 9.17) is 10.5 Å². The predicted octanol–water partition coefficient (Wildman–Crippen LogP) is 1.26. The van der Waals surface area contributed by atoms with Crippen molar-refractivity contribution in [3.8, 4) is 0 Å². The first-order valence-corrected chi connectivity index (χ1v) is 4.27. The van der Waals surface area contributed by atoms with Gasteiger partial charge in [-0.3, -0.25) is 4.90 Å². The first kappa shape index (κ1) is 10.3. The average Bonchev–Trinajstić information content (AvgIpc) is 2.18. The molecule has 5 nitrogen and oxygen atoms in total. The van der Waals surface area contributed by atoms with Crippen molar-refractivity contribution in [3.05, 3.63) is 18.3 Å². The number of nitrogen functional groups attached to an aromatic ring is 1. The molecule has 0 aliphatic heterocycles. The summed E-state index contributed by atoms with van der Waals surface area (Å²) in [5.41, 5.74) is 6.14. The van der Waals surface area contributed by atoms with Gasteiger partial charge >= 0.3 is 6.09 Å². The van der Waals surface area contributed by atoms with Gasteiger partial charge in [-0.05, 0) is 19.1 Å². The Hall–Kier alpha value is -1.78. The number of carbonyl (C=O) groups is 1. The summed E-state index contributed by atoms with van der Waals surface area (Å²) >= 11 is 0. The van der Waals surface area contributed by atoms with Crippen LogP contribution in [0.5, 0.6) is 0 Å². The lowest BCUT2D eigenvalue weighted by atomic mass is 10.3. The van der Waals surface area contributed by atoms with Crippen molar-refractivity contribution in [2.45, 2.75) is 6.92 Å². The maximum absolute atomic E-state index is 11.3. The van der Waals surface area contributed by atoms with Crippen LogP contribution in [0.4, 0.5) is 16.3 Å². The van der Waals surface area contributed by atoms with Crippen molar-refractivity contribution in [2.24, 2.45) is 0 Å². The summed E-state index contributed by atoms with van der Waals surface area (Å²) in [4.78, 5) is 16.5. The number of pyridine rings is 1. The molecule has 0 spiro atoms. The van der Waals surface area contributed by atoms with Crippen LogP contribution in [0, 0.1) is 0 Å². The van der Waals surface area contributed by atoms with Gasteiger partial charge in [-0.25, -0.2) is 9.78 Å². The topological polar surface area (TPSA) is 68.5 Å². The van der Waals surface area contributed by atoms with E-state index in [0.717, 1.165) is 0 Å². The van der Waals surface area contributed by atoms with Crippen molar-refractivity contribution in [1.82, 2.24) is 4.98 Å². The highest BCUT2D eigenvalue weighted by molar-refractivity contribution is 5.90. The van der Waals surface area contributed by atoms with Crippen LogP contribution < -0.4 is 10.6 Å². The van der Waals surface area contributed by atoms with Gasteiger partial charge in [0.25, 0.3) is 0 Å². The Kier molecular flexibility index (Phi) is 3.28. The number of carbonyl (C=O) groups excluding carboxylic acids is 1. The van der Waals surface area contributed by atoms with Crippen molar-refractivity contribution in [3.63, 3.8) is 0 Å². The second-order valence-corrected chi connectivity index (χ2v) is 2.67. The molecule has 5 heteroatoms. The van der Waals surface area contributed by atoms with Crippen LogP contribution in [-0.2, 0) is 4.74 Å².